The smallest absolute Gasteiger partial charge is 0.150 e. The van der Waals surface area contributed by atoms with Gasteiger partial charge in [-0.1, -0.05) is 0 Å². The highest BCUT2D eigenvalue weighted by Crippen LogP contribution is 2.37. The number of anilines is 2. The number of nitrogens with zero attached hydrogens (tertiary/aromatic N) is 4. The molecule has 2 aliphatic heterocycles. The Morgan fingerprint density at radius 3 is 3.05 bits per heavy atom. The molecule has 2 aromatic rings. The third kappa shape index (κ3) is 1.55. The number of hydrogen-bond donors (Lipinski definition) is 1. The highest BCUT2D eigenvalue weighted by molar-refractivity contribution is 5.74. The van der Waals surface area contributed by atoms with Crippen LogP contribution in [0.25, 0.3) is 11.3 Å². The molecular weight excluding hydrogens is 250 g/mol. The van der Waals surface area contributed by atoms with E-state index in [1.807, 2.05) is 6.20 Å². The Balaban J connectivity index is 1.53. The van der Waals surface area contributed by atoms with E-state index in [9.17, 15) is 0 Å². The van der Waals surface area contributed by atoms with E-state index in [2.05, 4.69) is 38.3 Å². The lowest BCUT2D eigenvalue weighted by atomic mass is 10.2. The van der Waals surface area contributed by atoms with Gasteiger partial charge in [-0.3, -0.25) is 4.68 Å². The molecule has 0 radical (unpaired) electrons. The van der Waals surface area contributed by atoms with Crippen molar-refractivity contribution in [1.29, 1.82) is 0 Å². The summed E-state index contributed by atoms with van der Waals surface area (Å²) < 4.78 is 2.08. The van der Waals surface area contributed by atoms with E-state index in [0.717, 1.165) is 30.2 Å². The highest BCUT2D eigenvalue weighted by atomic mass is 15.3. The van der Waals surface area contributed by atoms with Crippen LogP contribution in [-0.4, -0.2) is 33.9 Å². The van der Waals surface area contributed by atoms with E-state index in [0.29, 0.717) is 12.1 Å². The van der Waals surface area contributed by atoms with Gasteiger partial charge in [0, 0.05) is 30.9 Å². The Bertz CT molecular complexity index is 673. The summed E-state index contributed by atoms with van der Waals surface area (Å²) >= 11 is 0. The fourth-order valence-electron chi connectivity index (χ4n) is 3.27. The molecule has 1 saturated heterocycles. The maximum Gasteiger partial charge on any atom is 0.150 e. The highest BCUT2D eigenvalue weighted by Gasteiger charge is 2.31. The predicted octanol–water partition coefficient (Wildman–Crippen LogP) is 2.28. The van der Waals surface area contributed by atoms with Crippen LogP contribution in [-0.2, 0) is 0 Å². The van der Waals surface area contributed by atoms with Crippen LogP contribution in [0.2, 0.25) is 0 Å². The second kappa shape index (κ2) is 3.75. The lowest BCUT2D eigenvalue weighted by Crippen LogP contribution is -2.32. The summed E-state index contributed by atoms with van der Waals surface area (Å²) in [6, 6.07) is 5.51. The minimum atomic E-state index is 0.569. The molecule has 3 aliphatic rings. The van der Waals surface area contributed by atoms with Crippen molar-refractivity contribution < 1.29 is 0 Å². The summed E-state index contributed by atoms with van der Waals surface area (Å²) in [4.78, 5) is 7.24. The zero-order valence-electron chi connectivity index (χ0n) is 11.3. The van der Waals surface area contributed by atoms with Crippen LogP contribution in [0.3, 0.4) is 0 Å². The molecule has 0 aromatic carbocycles. The first-order chi connectivity index (χ1) is 9.87. The van der Waals surface area contributed by atoms with E-state index in [-0.39, 0.29) is 0 Å². The molecule has 102 valence electrons. The summed E-state index contributed by atoms with van der Waals surface area (Å²) in [5.41, 5.74) is 3.39. The van der Waals surface area contributed by atoms with Gasteiger partial charge in [0.25, 0.3) is 0 Å². The molecule has 1 saturated carbocycles. The molecular formula is C15H17N5. The number of aromatic nitrogens is 3. The van der Waals surface area contributed by atoms with Crippen molar-refractivity contribution in [2.24, 2.45) is 0 Å². The zero-order valence-corrected chi connectivity index (χ0v) is 11.3. The van der Waals surface area contributed by atoms with Crippen LogP contribution < -0.4 is 10.2 Å². The first kappa shape index (κ1) is 10.7. The van der Waals surface area contributed by atoms with E-state index in [1.54, 1.807) is 0 Å². The van der Waals surface area contributed by atoms with Gasteiger partial charge in [0.1, 0.15) is 0 Å². The second-order valence-electron chi connectivity index (χ2n) is 6.08. The molecule has 1 aliphatic carbocycles. The summed E-state index contributed by atoms with van der Waals surface area (Å²) in [6.07, 6.45) is 7.80. The standard InChI is InChI=1S/C15H17N5/c1-2-12(1)20-8-10(7-16-20)13-3-4-14-15(18-13)17-11-5-6-19(14)9-11/h3-4,7-8,11-12H,1-2,5-6,9H2,(H,17,18)/t11-/m0/s1. The largest absolute Gasteiger partial charge is 0.366 e. The van der Waals surface area contributed by atoms with Gasteiger partial charge < -0.3 is 10.2 Å². The molecule has 0 amide bonds. The Labute approximate surface area is 117 Å². The lowest BCUT2D eigenvalue weighted by Gasteiger charge is -2.27. The monoisotopic (exact) mass is 267 g/mol. The van der Waals surface area contributed by atoms with Crippen LogP contribution in [0, 0.1) is 0 Å². The van der Waals surface area contributed by atoms with Crippen molar-refractivity contribution in [1.82, 2.24) is 14.8 Å². The Morgan fingerprint density at radius 1 is 1.20 bits per heavy atom. The predicted molar refractivity (Wildman–Crippen MR) is 78.0 cm³/mol. The van der Waals surface area contributed by atoms with E-state index >= 15 is 0 Å². The van der Waals surface area contributed by atoms with Crippen molar-refractivity contribution >= 4 is 11.5 Å². The maximum atomic E-state index is 4.81. The minimum Gasteiger partial charge on any atom is -0.366 e. The average molecular weight is 267 g/mol. The second-order valence-corrected chi connectivity index (χ2v) is 6.08. The van der Waals surface area contributed by atoms with E-state index < -0.39 is 0 Å². The SMILES string of the molecule is c1nn(C2CC2)cc1-c1ccc2c(n1)N[C@H]1CCN2C1. The van der Waals surface area contributed by atoms with Gasteiger partial charge in [-0.05, 0) is 31.4 Å². The van der Waals surface area contributed by atoms with Gasteiger partial charge >= 0.3 is 0 Å². The molecule has 2 fully saturated rings. The van der Waals surface area contributed by atoms with Crippen molar-refractivity contribution in [2.45, 2.75) is 31.3 Å². The lowest BCUT2D eigenvalue weighted by molar-refractivity contribution is 0.642. The quantitative estimate of drug-likeness (QED) is 0.906. The molecule has 4 heterocycles. The van der Waals surface area contributed by atoms with E-state index in [4.69, 9.17) is 4.98 Å². The minimum absolute atomic E-state index is 0.569. The molecule has 1 atom stereocenters. The van der Waals surface area contributed by atoms with Crippen LogP contribution in [0.1, 0.15) is 25.3 Å². The third-order valence-corrected chi connectivity index (χ3v) is 4.56. The summed E-state index contributed by atoms with van der Waals surface area (Å²) in [5.74, 6) is 1.04. The Hall–Kier alpha value is -2.04. The fourth-order valence-corrected chi connectivity index (χ4v) is 3.27. The van der Waals surface area contributed by atoms with Crippen molar-refractivity contribution in [3.8, 4) is 11.3 Å². The fraction of sp³-hybridized carbons (Fsp3) is 0.467. The molecule has 2 aromatic heterocycles. The van der Waals surface area contributed by atoms with E-state index in [1.165, 1.54) is 24.9 Å². The molecule has 5 nitrogen and oxygen atoms in total. The van der Waals surface area contributed by atoms with Gasteiger partial charge in [0.2, 0.25) is 0 Å². The summed E-state index contributed by atoms with van der Waals surface area (Å²) in [6.45, 7) is 2.26. The van der Waals surface area contributed by atoms with Crippen molar-refractivity contribution in [3.63, 3.8) is 0 Å². The Kier molecular flexibility index (Phi) is 2.01. The van der Waals surface area contributed by atoms with Crippen LogP contribution in [0.5, 0.6) is 0 Å². The van der Waals surface area contributed by atoms with Crippen LogP contribution >= 0.6 is 0 Å². The first-order valence-electron chi connectivity index (χ1n) is 7.44. The van der Waals surface area contributed by atoms with Gasteiger partial charge in [-0.15, -0.1) is 0 Å². The molecule has 5 rings (SSSR count). The molecule has 20 heavy (non-hydrogen) atoms. The molecule has 2 bridgehead atoms. The maximum absolute atomic E-state index is 4.81. The number of pyridine rings is 1. The van der Waals surface area contributed by atoms with Gasteiger partial charge in [0.05, 0.1) is 23.6 Å². The topological polar surface area (TPSA) is 46.0 Å². The molecule has 0 spiro atoms. The van der Waals surface area contributed by atoms with Crippen molar-refractivity contribution in [2.75, 3.05) is 23.3 Å². The zero-order chi connectivity index (χ0) is 13.1. The number of hydrogen-bond acceptors (Lipinski definition) is 4. The van der Waals surface area contributed by atoms with Gasteiger partial charge in [-0.25, -0.2) is 4.98 Å². The van der Waals surface area contributed by atoms with Gasteiger partial charge in [-0.2, -0.15) is 5.10 Å². The number of nitrogens with one attached hydrogen (secondary N) is 1. The summed E-state index contributed by atoms with van der Waals surface area (Å²) in [5, 5.41) is 8.02. The third-order valence-electron chi connectivity index (χ3n) is 4.56. The van der Waals surface area contributed by atoms with Gasteiger partial charge in [0.15, 0.2) is 5.82 Å². The normalized spacial score (nSPS) is 23.6. The number of fused-ring (bicyclic) bond motifs is 4. The molecule has 1 N–H and O–H groups in total. The van der Waals surface area contributed by atoms with Crippen LogP contribution in [0.15, 0.2) is 24.5 Å². The van der Waals surface area contributed by atoms with Crippen molar-refractivity contribution in [3.05, 3.63) is 24.5 Å². The first-order valence-corrected chi connectivity index (χ1v) is 7.44. The van der Waals surface area contributed by atoms with Crippen LogP contribution in [0.4, 0.5) is 11.5 Å². The molecule has 0 unspecified atom stereocenters. The number of rotatable bonds is 2. The summed E-state index contributed by atoms with van der Waals surface area (Å²) in [7, 11) is 0. The average Bonchev–Trinajstić information content (AvgIpc) is 3.08. The Morgan fingerprint density at radius 2 is 2.15 bits per heavy atom. The molecule has 5 heteroatoms.